The van der Waals surface area contributed by atoms with Gasteiger partial charge in [0.25, 0.3) is 0 Å². The van der Waals surface area contributed by atoms with Gasteiger partial charge in [-0.05, 0) is 19.1 Å². The van der Waals surface area contributed by atoms with Gasteiger partial charge < -0.3 is 9.47 Å². The SMILES string of the molecule is CCOCc1cccc(OC)c1[N+](=O)[O-]. The smallest absolute Gasteiger partial charge is 0.316 e. The largest absolute Gasteiger partial charge is 0.490 e. The van der Waals surface area contributed by atoms with Crippen LogP contribution in [0, 0.1) is 10.1 Å². The summed E-state index contributed by atoms with van der Waals surface area (Å²) < 4.78 is 10.1. The molecule has 0 radical (unpaired) electrons. The predicted octanol–water partition coefficient (Wildman–Crippen LogP) is 2.14. The molecule has 0 aliphatic carbocycles. The molecule has 0 aliphatic rings. The summed E-state index contributed by atoms with van der Waals surface area (Å²) in [4.78, 5) is 10.4. The number of ether oxygens (including phenoxy) is 2. The van der Waals surface area contributed by atoms with Gasteiger partial charge in [0.2, 0.25) is 0 Å². The normalized spacial score (nSPS) is 10.0. The number of nitro benzene ring substituents is 1. The third-order valence-electron chi connectivity index (χ3n) is 1.95. The fourth-order valence-corrected chi connectivity index (χ4v) is 1.27. The van der Waals surface area contributed by atoms with Crippen LogP contribution in [-0.4, -0.2) is 18.6 Å². The summed E-state index contributed by atoms with van der Waals surface area (Å²) in [6, 6.07) is 4.93. The lowest BCUT2D eigenvalue weighted by molar-refractivity contribution is -0.386. The van der Waals surface area contributed by atoms with Gasteiger partial charge in [-0.2, -0.15) is 0 Å². The highest BCUT2D eigenvalue weighted by molar-refractivity contribution is 5.52. The fourth-order valence-electron chi connectivity index (χ4n) is 1.27. The lowest BCUT2D eigenvalue weighted by Gasteiger charge is -2.06. The van der Waals surface area contributed by atoms with Gasteiger partial charge in [-0.1, -0.05) is 6.07 Å². The summed E-state index contributed by atoms with van der Waals surface area (Å²) in [7, 11) is 1.41. The van der Waals surface area contributed by atoms with E-state index in [0.29, 0.717) is 12.2 Å². The summed E-state index contributed by atoms with van der Waals surface area (Å²) >= 11 is 0. The average Bonchev–Trinajstić information content (AvgIpc) is 2.25. The molecular weight excluding hydrogens is 198 g/mol. The van der Waals surface area contributed by atoms with Crippen molar-refractivity contribution >= 4 is 5.69 Å². The molecule has 0 bridgehead atoms. The average molecular weight is 211 g/mol. The number of para-hydroxylation sites is 1. The van der Waals surface area contributed by atoms with Crippen LogP contribution in [0.4, 0.5) is 5.69 Å². The minimum atomic E-state index is -0.451. The minimum absolute atomic E-state index is 0.0200. The van der Waals surface area contributed by atoms with Gasteiger partial charge in [0.1, 0.15) is 0 Å². The van der Waals surface area contributed by atoms with Crippen molar-refractivity contribution in [3.63, 3.8) is 0 Å². The second-order valence-electron chi connectivity index (χ2n) is 2.86. The summed E-state index contributed by atoms with van der Waals surface area (Å²) in [5.41, 5.74) is 0.509. The third kappa shape index (κ3) is 2.66. The van der Waals surface area contributed by atoms with Gasteiger partial charge in [-0.3, -0.25) is 10.1 Å². The Balaban J connectivity index is 3.07. The number of hydrogen-bond donors (Lipinski definition) is 0. The molecule has 0 saturated carbocycles. The Morgan fingerprint density at radius 1 is 1.47 bits per heavy atom. The van der Waals surface area contributed by atoms with E-state index in [1.807, 2.05) is 6.92 Å². The maximum Gasteiger partial charge on any atom is 0.316 e. The molecular formula is C10H13NO4. The fraction of sp³-hybridized carbons (Fsp3) is 0.400. The van der Waals surface area contributed by atoms with Gasteiger partial charge in [-0.15, -0.1) is 0 Å². The van der Waals surface area contributed by atoms with Crippen molar-refractivity contribution in [3.05, 3.63) is 33.9 Å². The Hall–Kier alpha value is -1.62. The van der Waals surface area contributed by atoms with Crippen molar-refractivity contribution in [3.8, 4) is 5.75 Å². The zero-order chi connectivity index (χ0) is 11.3. The monoisotopic (exact) mass is 211 g/mol. The zero-order valence-electron chi connectivity index (χ0n) is 8.73. The van der Waals surface area contributed by atoms with Gasteiger partial charge in [-0.25, -0.2) is 0 Å². The highest BCUT2D eigenvalue weighted by Crippen LogP contribution is 2.30. The van der Waals surface area contributed by atoms with Crippen molar-refractivity contribution in [2.24, 2.45) is 0 Å². The van der Waals surface area contributed by atoms with Crippen LogP contribution in [0.2, 0.25) is 0 Å². The van der Waals surface area contributed by atoms with Crippen LogP contribution in [0.3, 0.4) is 0 Å². The molecule has 0 heterocycles. The topological polar surface area (TPSA) is 61.6 Å². The Morgan fingerprint density at radius 2 is 2.20 bits per heavy atom. The summed E-state index contributed by atoms with van der Waals surface area (Å²) in [6.45, 7) is 2.59. The Kier molecular flexibility index (Phi) is 4.05. The molecule has 0 aliphatic heterocycles. The van der Waals surface area contributed by atoms with Crippen LogP contribution >= 0.6 is 0 Å². The van der Waals surface area contributed by atoms with Gasteiger partial charge in [0.05, 0.1) is 24.2 Å². The first kappa shape index (κ1) is 11.5. The molecule has 0 amide bonds. The highest BCUT2D eigenvalue weighted by atomic mass is 16.6. The summed E-state index contributed by atoms with van der Waals surface area (Å²) in [5, 5.41) is 10.8. The first-order chi connectivity index (χ1) is 7.20. The third-order valence-corrected chi connectivity index (χ3v) is 1.95. The van der Waals surface area contributed by atoms with E-state index in [4.69, 9.17) is 9.47 Å². The first-order valence-electron chi connectivity index (χ1n) is 4.58. The molecule has 1 aromatic carbocycles. The van der Waals surface area contributed by atoms with Gasteiger partial charge in [0, 0.05) is 6.61 Å². The van der Waals surface area contributed by atoms with E-state index in [1.165, 1.54) is 7.11 Å². The Bertz CT molecular complexity index is 351. The van der Waals surface area contributed by atoms with E-state index < -0.39 is 4.92 Å². The molecule has 0 atom stereocenters. The molecule has 5 nitrogen and oxygen atoms in total. The van der Waals surface area contributed by atoms with E-state index in [0.717, 1.165) is 0 Å². The summed E-state index contributed by atoms with van der Waals surface area (Å²) in [6.07, 6.45) is 0. The van der Waals surface area contributed by atoms with E-state index in [9.17, 15) is 10.1 Å². The van der Waals surface area contributed by atoms with Gasteiger partial charge >= 0.3 is 5.69 Å². The van der Waals surface area contributed by atoms with E-state index in [1.54, 1.807) is 18.2 Å². The first-order valence-corrected chi connectivity index (χ1v) is 4.58. The number of nitrogens with zero attached hydrogens (tertiary/aromatic N) is 1. The molecule has 0 fully saturated rings. The Labute approximate surface area is 87.8 Å². The molecule has 1 aromatic rings. The van der Waals surface area contributed by atoms with Crippen molar-refractivity contribution in [1.29, 1.82) is 0 Å². The minimum Gasteiger partial charge on any atom is -0.490 e. The molecule has 82 valence electrons. The molecule has 0 aromatic heterocycles. The maximum absolute atomic E-state index is 10.8. The van der Waals surface area contributed by atoms with Crippen LogP contribution < -0.4 is 4.74 Å². The number of rotatable bonds is 5. The second-order valence-corrected chi connectivity index (χ2v) is 2.86. The molecule has 15 heavy (non-hydrogen) atoms. The molecule has 1 rings (SSSR count). The molecule has 0 saturated heterocycles. The van der Waals surface area contributed by atoms with Crippen LogP contribution in [0.1, 0.15) is 12.5 Å². The van der Waals surface area contributed by atoms with Crippen LogP contribution in [0.15, 0.2) is 18.2 Å². The number of nitro groups is 1. The van der Waals surface area contributed by atoms with Gasteiger partial charge in [0.15, 0.2) is 5.75 Å². The molecule has 0 spiro atoms. The number of methoxy groups -OCH3 is 1. The van der Waals surface area contributed by atoms with Crippen molar-refractivity contribution in [2.45, 2.75) is 13.5 Å². The zero-order valence-corrected chi connectivity index (χ0v) is 8.73. The predicted molar refractivity (Wildman–Crippen MR) is 55.0 cm³/mol. The van der Waals surface area contributed by atoms with Crippen molar-refractivity contribution in [2.75, 3.05) is 13.7 Å². The van der Waals surface area contributed by atoms with E-state index >= 15 is 0 Å². The Morgan fingerprint density at radius 3 is 2.73 bits per heavy atom. The second kappa shape index (κ2) is 5.31. The van der Waals surface area contributed by atoms with E-state index in [2.05, 4.69) is 0 Å². The van der Waals surface area contributed by atoms with Crippen molar-refractivity contribution < 1.29 is 14.4 Å². The van der Waals surface area contributed by atoms with Crippen molar-refractivity contribution in [1.82, 2.24) is 0 Å². The lowest BCUT2D eigenvalue weighted by Crippen LogP contribution is -2.00. The number of hydrogen-bond acceptors (Lipinski definition) is 4. The van der Waals surface area contributed by atoms with Crippen LogP contribution in [-0.2, 0) is 11.3 Å². The molecule has 5 heteroatoms. The standard InChI is InChI=1S/C10H13NO4/c1-3-15-7-8-5-4-6-9(14-2)10(8)11(12)13/h4-6H,3,7H2,1-2H3. The summed E-state index contributed by atoms with van der Waals surface area (Å²) in [5.74, 6) is 0.261. The molecule has 0 unspecified atom stereocenters. The highest BCUT2D eigenvalue weighted by Gasteiger charge is 2.19. The van der Waals surface area contributed by atoms with Crippen LogP contribution in [0.5, 0.6) is 5.75 Å². The maximum atomic E-state index is 10.8. The quantitative estimate of drug-likeness (QED) is 0.553. The molecule has 0 N–H and O–H groups in total. The van der Waals surface area contributed by atoms with Crippen LogP contribution in [0.25, 0.3) is 0 Å². The number of benzene rings is 1. The lowest BCUT2D eigenvalue weighted by atomic mass is 10.2. The van der Waals surface area contributed by atoms with E-state index in [-0.39, 0.29) is 18.0 Å².